The zero-order valence-electron chi connectivity index (χ0n) is 17.8. The lowest BCUT2D eigenvalue weighted by molar-refractivity contribution is 0.445. The molecule has 0 aliphatic carbocycles. The van der Waals surface area contributed by atoms with Gasteiger partial charge in [0, 0.05) is 25.0 Å². The van der Waals surface area contributed by atoms with Crippen LogP contribution < -0.4 is 4.80 Å². The molecule has 7 heteroatoms. The second kappa shape index (κ2) is 10.2. The Bertz CT molecular complexity index is 1110. The maximum absolute atomic E-state index is 12.8. The highest BCUT2D eigenvalue weighted by atomic mass is 32.2. The minimum atomic E-state index is -3.45. The number of benzene rings is 2. The third kappa shape index (κ3) is 4.91. The molecular formula is C23H29N3O2S2. The van der Waals surface area contributed by atoms with Crippen LogP contribution in [0.1, 0.15) is 33.6 Å². The van der Waals surface area contributed by atoms with Crippen LogP contribution in [0, 0.1) is 0 Å². The van der Waals surface area contributed by atoms with Gasteiger partial charge in [-0.2, -0.15) is 4.31 Å². The number of unbranched alkanes of at least 4 members (excludes halogenated alkanes) is 1. The zero-order valence-corrected chi connectivity index (χ0v) is 19.4. The van der Waals surface area contributed by atoms with Crippen molar-refractivity contribution in [2.24, 2.45) is 4.99 Å². The van der Waals surface area contributed by atoms with Crippen molar-refractivity contribution < 1.29 is 8.42 Å². The smallest absolute Gasteiger partial charge is 0.243 e. The molecule has 0 saturated carbocycles. The Kier molecular flexibility index (Phi) is 7.64. The fourth-order valence-corrected chi connectivity index (χ4v) is 5.72. The lowest BCUT2D eigenvalue weighted by Gasteiger charge is -2.18. The Hall–Kier alpha value is -2.22. The summed E-state index contributed by atoms with van der Waals surface area (Å²) >= 11 is 1.61. The summed E-state index contributed by atoms with van der Waals surface area (Å²) in [6.45, 7) is 7.69. The van der Waals surface area contributed by atoms with E-state index in [0.717, 1.165) is 41.1 Å². The summed E-state index contributed by atoms with van der Waals surface area (Å²) in [7, 11) is -3.45. The zero-order chi connectivity index (χ0) is 21.6. The Morgan fingerprint density at radius 2 is 1.63 bits per heavy atom. The van der Waals surface area contributed by atoms with E-state index in [2.05, 4.69) is 16.9 Å². The largest absolute Gasteiger partial charge is 0.316 e. The van der Waals surface area contributed by atoms with Crippen LogP contribution >= 0.6 is 11.3 Å². The molecule has 0 bridgehead atoms. The maximum atomic E-state index is 12.8. The maximum Gasteiger partial charge on any atom is 0.243 e. The van der Waals surface area contributed by atoms with E-state index < -0.39 is 10.0 Å². The Morgan fingerprint density at radius 3 is 2.23 bits per heavy atom. The van der Waals surface area contributed by atoms with Crippen LogP contribution in [-0.4, -0.2) is 30.4 Å². The summed E-state index contributed by atoms with van der Waals surface area (Å²) < 4.78 is 29.2. The van der Waals surface area contributed by atoms with Gasteiger partial charge in [0.1, 0.15) is 0 Å². The van der Waals surface area contributed by atoms with Crippen molar-refractivity contribution in [1.82, 2.24) is 8.87 Å². The van der Waals surface area contributed by atoms with Crippen LogP contribution in [0.25, 0.3) is 11.3 Å². The average Bonchev–Trinajstić information content (AvgIpc) is 3.16. The summed E-state index contributed by atoms with van der Waals surface area (Å²) in [6.07, 6.45) is 2.15. The lowest BCUT2D eigenvalue weighted by atomic mass is 10.1. The first-order chi connectivity index (χ1) is 14.5. The highest BCUT2D eigenvalue weighted by Crippen LogP contribution is 2.24. The molecule has 3 aromatic rings. The number of para-hydroxylation sites is 1. The van der Waals surface area contributed by atoms with Crippen molar-refractivity contribution in [3.8, 4) is 11.3 Å². The summed E-state index contributed by atoms with van der Waals surface area (Å²) in [4.78, 5) is 6.10. The van der Waals surface area contributed by atoms with E-state index in [9.17, 15) is 8.42 Å². The molecule has 0 saturated heterocycles. The predicted molar refractivity (Wildman–Crippen MR) is 124 cm³/mol. The van der Waals surface area contributed by atoms with Crippen LogP contribution in [0.15, 0.2) is 69.9 Å². The predicted octanol–water partition coefficient (Wildman–Crippen LogP) is 5.28. The summed E-state index contributed by atoms with van der Waals surface area (Å²) in [6, 6.07) is 17.2. The molecule has 1 heterocycles. The molecule has 0 amide bonds. The van der Waals surface area contributed by atoms with Gasteiger partial charge in [-0.25, -0.2) is 13.4 Å². The third-order valence-electron chi connectivity index (χ3n) is 5.01. The molecule has 30 heavy (non-hydrogen) atoms. The summed E-state index contributed by atoms with van der Waals surface area (Å²) in [5.74, 6) is 0. The molecule has 0 fully saturated rings. The topological polar surface area (TPSA) is 54.7 Å². The highest BCUT2D eigenvalue weighted by molar-refractivity contribution is 7.89. The van der Waals surface area contributed by atoms with Crippen LogP contribution in [0.4, 0.5) is 5.69 Å². The van der Waals surface area contributed by atoms with Gasteiger partial charge >= 0.3 is 0 Å². The van der Waals surface area contributed by atoms with E-state index in [1.54, 1.807) is 23.5 Å². The molecule has 1 aromatic heterocycles. The lowest BCUT2D eigenvalue weighted by Crippen LogP contribution is -2.30. The Balaban J connectivity index is 2.01. The highest BCUT2D eigenvalue weighted by Gasteiger charge is 2.21. The first kappa shape index (κ1) is 22.5. The van der Waals surface area contributed by atoms with Crippen LogP contribution in [0.2, 0.25) is 0 Å². The normalized spacial score (nSPS) is 12.6. The van der Waals surface area contributed by atoms with Crippen molar-refractivity contribution >= 4 is 27.0 Å². The van der Waals surface area contributed by atoms with E-state index >= 15 is 0 Å². The Labute approximate surface area is 183 Å². The number of hydrogen-bond acceptors (Lipinski definition) is 4. The number of aromatic nitrogens is 1. The van der Waals surface area contributed by atoms with Gasteiger partial charge in [-0.3, -0.25) is 0 Å². The molecule has 160 valence electrons. The minimum Gasteiger partial charge on any atom is -0.316 e. The van der Waals surface area contributed by atoms with Gasteiger partial charge in [0.25, 0.3) is 0 Å². The second-order valence-electron chi connectivity index (χ2n) is 6.97. The van der Waals surface area contributed by atoms with Gasteiger partial charge in [-0.05, 0) is 36.2 Å². The van der Waals surface area contributed by atoms with E-state index in [1.165, 1.54) is 4.31 Å². The van der Waals surface area contributed by atoms with Gasteiger partial charge in [0.15, 0.2) is 4.80 Å². The molecule has 0 N–H and O–H groups in total. The van der Waals surface area contributed by atoms with E-state index in [0.29, 0.717) is 18.0 Å². The van der Waals surface area contributed by atoms with Crippen molar-refractivity contribution in [3.05, 3.63) is 64.8 Å². The molecule has 0 unspecified atom stereocenters. The van der Waals surface area contributed by atoms with Crippen LogP contribution in [-0.2, 0) is 16.6 Å². The van der Waals surface area contributed by atoms with Crippen molar-refractivity contribution in [2.75, 3.05) is 13.1 Å². The van der Waals surface area contributed by atoms with Crippen molar-refractivity contribution in [1.29, 1.82) is 0 Å². The van der Waals surface area contributed by atoms with Gasteiger partial charge in [0.2, 0.25) is 10.0 Å². The molecule has 0 aliphatic rings. The number of rotatable bonds is 9. The number of hydrogen-bond donors (Lipinski definition) is 0. The van der Waals surface area contributed by atoms with Crippen LogP contribution in [0.3, 0.4) is 0 Å². The van der Waals surface area contributed by atoms with Crippen molar-refractivity contribution in [3.63, 3.8) is 0 Å². The molecule has 2 aromatic carbocycles. The molecule has 0 aliphatic heterocycles. The molecule has 5 nitrogen and oxygen atoms in total. The van der Waals surface area contributed by atoms with Crippen molar-refractivity contribution in [2.45, 2.75) is 45.1 Å². The fourth-order valence-electron chi connectivity index (χ4n) is 3.30. The molecule has 0 atom stereocenters. The first-order valence-electron chi connectivity index (χ1n) is 10.4. The molecule has 0 spiro atoms. The summed E-state index contributed by atoms with van der Waals surface area (Å²) in [5, 5.41) is 2.10. The van der Waals surface area contributed by atoms with Gasteiger partial charge in [-0.1, -0.05) is 57.5 Å². The van der Waals surface area contributed by atoms with E-state index in [4.69, 9.17) is 4.99 Å². The average molecular weight is 444 g/mol. The second-order valence-corrected chi connectivity index (χ2v) is 9.74. The molecule has 3 rings (SSSR count). The molecule has 0 radical (unpaired) electrons. The quantitative estimate of drug-likeness (QED) is 0.452. The van der Waals surface area contributed by atoms with Gasteiger partial charge in [-0.15, -0.1) is 11.3 Å². The van der Waals surface area contributed by atoms with Gasteiger partial charge < -0.3 is 4.57 Å². The monoisotopic (exact) mass is 443 g/mol. The standard InChI is InChI=1S/C23H29N3O2S2/c1-4-7-17-26-22(18-29-23(26)24-20-11-9-8-10-12-20)19-13-15-21(16-14-19)30(27,28)25(5-2)6-3/h8-16,18H,4-7,17H2,1-3H3. The first-order valence-corrected chi connectivity index (χ1v) is 12.7. The van der Waals surface area contributed by atoms with Crippen LogP contribution in [0.5, 0.6) is 0 Å². The fraction of sp³-hybridized carbons (Fsp3) is 0.348. The third-order valence-corrected chi connectivity index (χ3v) is 7.93. The van der Waals surface area contributed by atoms with E-state index in [-0.39, 0.29) is 0 Å². The molecular weight excluding hydrogens is 414 g/mol. The summed E-state index contributed by atoms with van der Waals surface area (Å²) in [5.41, 5.74) is 2.99. The van der Waals surface area contributed by atoms with Gasteiger partial charge in [0.05, 0.1) is 16.3 Å². The number of sulfonamides is 1. The van der Waals surface area contributed by atoms with E-state index in [1.807, 2.05) is 56.3 Å². The Morgan fingerprint density at radius 1 is 0.967 bits per heavy atom. The minimum absolute atomic E-state index is 0.333. The number of nitrogens with zero attached hydrogens (tertiary/aromatic N) is 3. The SMILES string of the molecule is CCCCn1c(-c2ccc(S(=O)(=O)N(CC)CC)cc2)csc1=Nc1ccccc1. The number of thiazole rings is 1.